The molecule has 0 saturated carbocycles. The van der Waals surface area contributed by atoms with E-state index in [2.05, 4.69) is 10.3 Å². The van der Waals surface area contributed by atoms with Crippen molar-refractivity contribution >= 4 is 11.9 Å². The Morgan fingerprint density at radius 3 is 2.63 bits per heavy atom. The molecule has 0 aliphatic rings. The predicted octanol–water partition coefficient (Wildman–Crippen LogP) is 1.80. The number of nitrogens with one attached hydrogen (secondary N) is 1. The number of pyridine rings is 1. The molecule has 0 aliphatic heterocycles. The summed E-state index contributed by atoms with van der Waals surface area (Å²) in [5.41, 5.74) is -0.278. The molecule has 1 heterocycles. The third-order valence-electron chi connectivity index (χ3n) is 2.06. The standard InChI is InChI=1S/C13H18N2O4/c1-13(2,3)19-12(17)15-8-10(16)9-6-5-7-14-11(9)18-4/h5-7H,8H2,1-4H3,(H,15,17). The quantitative estimate of drug-likeness (QED) is 0.841. The molecule has 0 aliphatic carbocycles. The second-order valence-electron chi connectivity index (χ2n) is 4.84. The van der Waals surface area contributed by atoms with Gasteiger partial charge in [-0.2, -0.15) is 0 Å². The van der Waals surface area contributed by atoms with Crippen LogP contribution in [0.25, 0.3) is 0 Å². The van der Waals surface area contributed by atoms with Crippen LogP contribution in [0.5, 0.6) is 5.88 Å². The lowest BCUT2D eigenvalue weighted by Gasteiger charge is -2.19. The minimum Gasteiger partial charge on any atom is -0.480 e. The summed E-state index contributed by atoms with van der Waals surface area (Å²) in [6.45, 7) is 5.08. The Morgan fingerprint density at radius 2 is 2.05 bits per heavy atom. The highest BCUT2D eigenvalue weighted by atomic mass is 16.6. The number of hydrogen-bond donors (Lipinski definition) is 1. The van der Waals surface area contributed by atoms with Crippen molar-refractivity contribution in [2.45, 2.75) is 26.4 Å². The third-order valence-corrected chi connectivity index (χ3v) is 2.06. The highest BCUT2D eigenvalue weighted by Crippen LogP contribution is 2.13. The maximum atomic E-state index is 11.9. The van der Waals surface area contributed by atoms with Crippen LogP contribution in [0.15, 0.2) is 18.3 Å². The number of amides is 1. The van der Waals surface area contributed by atoms with Crippen LogP contribution in [0.4, 0.5) is 4.79 Å². The van der Waals surface area contributed by atoms with E-state index in [-0.39, 0.29) is 18.2 Å². The van der Waals surface area contributed by atoms with Crippen LogP contribution in [0.2, 0.25) is 0 Å². The SMILES string of the molecule is COc1ncccc1C(=O)CNC(=O)OC(C)(C)C. The smallest absolute Gasteiger partial charge is 0.408 e. The zero-order valence-corrected chi connectivity index (χ0v) is 11.5. The van der Waals surface area contributed by atoms with Crippen LogP contribution in [0, 0.1) is 0 Å². The lowest BCUT2D eigenvalue weighted by Crippen LogP contribution is -2.35. The number of ketones is 1. The summed E-state index contributed by atoms with van der Waals surface area (Å²) in [7, 11) is 1.43. The molecule has 0 bridgehead atoms. The van der Waals surface area contributed by atoms with Gasteiger partial charge in [0.25, 0.3) is 0 Å². The summed E-state index contributed by atoms with van der Waals surface area (Å²) >= 11 is 0. The van der Waals surface area contributed by atoms with E-state index in [1.165, 1.54) is 13.3 Å². The van der Waals surface area contributed by atoms with Crippen LogP contribution >= 0.6 is 0 Å². The molecule has 0 fully saturated rings. The average Bonchev–Trinajstić information content (AvgIpc) is 2.33. The fraction of sp³-hybridized carbons (Fsp3) is 0.462. The van der Waals surface area contributed by atoms with Crippen LogP contribution in [-0.4, -0.2) is 36.1 Å². The van der Waals surface area contributed by atoms with Crippen molar-refractivity contribution in [2.75, 3.05) is 13.7 Å². The summed E-state index contributed by atoms with van der Waals surface area (Å²) in [6, 6.07) is 3.22. The van der Waals surface area contributed by atoms with Crippen LogP contribution in [0.3, 0.4) is 0 Å². The maximum Gasteiger partial charge on any atom is 0.408 e. The number of methoxy groups -OCH3 is 1. The summed E-state index contributed by atoms with van der Waals surface area (Å²) in [5.74, 6) is -0.0608. The third kappa shape index (κ3) is 4.95. The Morgan fingerprint density at radius 1 is 1.37 bits per heavy atom. The summed E-state index contributed by atoms with van der Waals surface area (Å²) in [6.07, 6.45) is 0.889. The Balaban J connectivity index is 2.59. The Hall–Kier alpha value is -2.11. The van der Waals surface area contributed by atoms with Crippen molar-refractivity contribution in [3.63, 3.8) is 0 Å². The minimum absolute atomic E-state index is 0.170. The second-order valence-corrected chi connectivity index (χ2v) is 4.84. The monoisotopic (exact) mass is 266 g/mol. The van der Waals surface area contributed by atoms with Gasteiger partial charge in [-0.05, 0) is 32.9 Å². The molecule has 1 rings (SSSR count). The van der Waals surface area contributed by atoms with Crippen molar-refractivity contribution < 1.29 is 19.1 Å². The van der Waals surface area contributed by atoms with Crippen molar-refractivity contribution in [3.8, 4) is 5.88 Å². The number of aromatic nitrogens is 1. The lowest BCUT2D eigenvalue weighted by molar-refractivity contribution is 0.0520. The van der Waals surface area contributed by atoms with Gasteiger partial charge in [0, 0.05) is 6.20 Å². The van der Waals surface area contributed by atoms with Gasteiger partial charge in [0.15, 0.2) is 5.78 Å². The fourth-order valence-corrected chi connectivity index (χ4v) is 1.33. The normalized spacial score (nSPS) is 10.7. The molecule has 1 N–H and O–H groups in total. The van der Waals surface area contributed by atoms with E-state index in [0.29, 0.717) is 5.56 Å². The van der Waals surface area contributed by atoms with E-state index >= 15 is 0 Å². The summed E-state index contributed by atoms with van der Waals surface area (Å²) in [4.78, 5) is 27.2. The first-order valence-corrected chi connectivity index (χ1v) is 5.82. The van der Waals surface area contributed by atoms with Gasteiger partial charge in [-0.15, -0.1) is 0 Å². The molecule has 0 radical (unpaired) electrons. The molecule has 6 nitrogen and oxygen atoms in total. The number of carbonyl (C=O) groups is 2. The van der Waals surface area contributed by atoms with Gasteiger partial charge < -0.3 is 14.8 Å². The number of alkyl carbamates (subject to hydrolysis) is 1. The van der Waals surface area contributed by atoms with Crippen LogP contribution in [-0.2, 0) is 4.74 Å². The van der Waals surface area contributed by atoms with E-state index in [4.69, 9.17) is 9.47 Å². The number of nitrogens with zero attached hydrogens (tertiary/aromatic N) is 1. The number of Topliss-reactive ketones (excluding diaryl/α,β-unsaturated/α-hetero) is 1. The molecule has 6 heteroatoms. The molecule has 19 heavy (non-hydrogen) atoms. The number of ether oxygens (including phenoxy) is 2. The summed E-state index contributed by atoms with van der Waals surface area (Å²) < 4.78 is 10.0. The van der Waals surface area contributed by atoms with E-state index in [0.717, 1.165) is 0 Å². The van der Waals surface area contributed by atoms with Crippen LogP contribution < -0.4 is 10.1 Å². The van der Waals surface area contributed by atoms with E-state index in [1.807, 2.05) is 0 Å². The van der Waals surface area contributed by atoms with Gasteiger partial charge >= 0.3 is 6.09 Å². The maximum absolute atomic E-state index is 11.9. The number of hydrogen-bond acceptors (Lipinski definition) is 5. The van der Waals surface area contributed by atoms with Gasteiger partial charge in [-0.3, -0.25) is 4.79 Å². The van der Waals surface area contributed by atoms with Crippen molar-refractivity contribution in [1.82, 2.24) is 10.3 Å². The molecule has 1 aromatic heterocycles. The Labute approximate surface area is 112 Å². The molecule has 0 aromatic carbocycles. The first-order chi connectivity index (χ1) is 8.83. The lowest BCUT2D eigenvalue weighted by atomic mass is 10.2. The Bertz CT molecular complexity index is 466. The number of rotatable bonds is 4. The van der Waals surface area contributed by atoms with Gasteiger partial charge in [0.2, 0.25) is 5.88 Å². The van der Waals surface area contributed by atoms with Gasteiger partial charge in [-0.25, -0.2) is 9.78 Å². The molecule has 0 unspecified atom stereocenters. The van der Waals surface area contributed by atoms with Gasteiger partial charge in [-0.1, -0.05) is 0 Å². The average molecular weight is 266 g/mol. The van der Waals surface area contributed by atoms with Gasteiger partial charge in [0.05, 0.1) is 19.2 Å². The van der Waals surface area contributed by atoms with Crippen molar-refractivity contribution in [3.05, 3.63) is 23.9 Å². The molecular formula is C13H18N2O4. The Kier molecular flexibility index (Phi) is 4.86. The second kappa shape index (κ2) is 6.17. The van der Waals surface area contributed by atoms with Gasteiger partial charge in [0.1, 0.15) is 5.60 Å². The molecule has 1 aromatic rings. The zero-order chi connectivity index (χ0) is 14.5. The van der Waals surface area contributed by atoms with Crippen LogP contribution in [0.1, 0.15) is 31.1 Å². The highest BCUT2D eigenvalue weighted by Gasteiger charge is 2.18. The molecule has 0 atom stereocenters. The first kappa shape index (κ1) is 14.9. The predicted molar refractivity (Wildman–Crippen MR) is 69.4 cm³/mol. The first-order valence-electron chi connectivity index (χ1n) is 5.82. The zero-order valence-electron chi connectivity index (χ0n) is 11.5. The molecule has 0 saturated heterocycles. The fourth-order valence-electron chi connectivity index (χ4n) is 1.33. The minimum atomic E-state index is -0.635. The molecule has 1 amide bonds. The number of carbonyl (C=O) groups excluding carboxylic acids is 2. The highest BCUT2D eigenvalue weighted by molar-refractivity contribution is 6.00. The van der Waals surface area contributed by atoms with E-state index < -0.39 is 11.7 Å². The molecule has 0 spiro atoms. The van der Waals surface area contributed by atoms with E-state index in [1.54, 1.807) is 32.9 Å². The van der Waals surface area contributed by atoms with Crippen molar-refractivity contribution in [2.24, 2.45) is 0 Å². The molecule has 104 valence electrons. The van der Waals surface area contributed by atoms with E-state index in [9.17, 15) is 9.59 Å². The van der Waals surface area contributed by atoms with Crippen molar-refractivity contribution in [1.29, 1.82) is 0 Å². The topological polar surface area (TPSA) is 77.5 Å². The summed E-state index contributed by atoms with van der Waals surface area (Å²) in [5, 5.41) is 2.39. The largest absolute Gasteiger partial charge is 0.480 e. The molecular weight excluding hydrogens is 248 g/mol.